The number of halogens is 1. The van der Waals surface area contributed by atoms with Crippen molar-refractivity contribution in [3.05, 3.63) is 39.9 Å². The van der Waals surface area contributed by atoms with Crippen molar-refractivity contribution in [3.63, 3.8) is 0 Å². The van der Waals surface area contributed by atoms with Crippen molar-refractivity contribution in [1.29, 1.82) is 10.5 Å². The standard InChI is InChI=1S/C12H8BrN5/c1-7-2-11(8(13)3-9(7)16)18-6-17-10(4-14)12(18)5-15/h2-3,6H,16H2,1H3. The molecule has 0 saturated heterocycles. The molecule has 0 atom stereocenters. The van der Waals surface area contributed by atoms with Gasteiger partial charge in [-0.05, 0) is 40.5 Å². The Hall–Kier alpha value is -2.31. The number of hydrogen-bond donors (Lipinski definition) is 1. The van der Waals surface area contributed by atoms with Gasteiger partial charge in [-0.25, -0.2) is 4.98 Å². The van der Waals surface area contributed by atoms with E-state index in [1.54, 1.807) is 10.6 Å². The van der Waals surface area contributed by atoms with Crippen LogP contribution in [-0.2, 0) is 0 Å². The Kier molecular flexibility index (Phi) is 3.05. The summed E-state index contributed by atoms with van der Waals surface area (Å²) in [6.07, 6.45) is 1.45. The highest BCUT2D eigenvalue weighted by molar-refractivity contribution is 9.10. The number of nitrogen functional groups attached to an aromatic ring is 1. The quantitative estimate of drug-likeness (QED) is 0.818. The molecule has 0 spiro atoms. The minimum atomic E-state index is 0.110. The van der Waals surface area contributed by atoms with E-state index in [4.69, 9.17) is 16.3 Å². The summed E-state index contributed by atoms with van der Waals surface area (Å²) < 4.78 is 2.30. The summed E-state index contributed by atoms with van der Waals surface area (Å²) in [7, 11) is 0. The number of nitriles is 2. The molecule has 0 saturated carbocycles. The van der Waals surface area contributed by atoms with Crippen molar-refractivity contribution >= 4 is 21.6 Å². The first-order valence-corrected chi connectivity index (χ1v) is 5.81. The predicted molar refractivity (Wildman–Crippen MR) is 69.8 cm³/mol. The van der Waals surface area contributed by atoms with Gasteiger partial charge >= 0.3 is 0 Å². The van der Waals surface area contributed by atoms with Crippen LogP contribution in [0.4, 0.5) is 5.69 Å². The van der Waals surface area contributed by atoms with Gasteiger partial charge in [-0.2, -0.15) is 10.5 Å². The molecule has 0 aliphatic carbocycles. The number of imidazole rings is 1. The van der Waals surface area contributed by atoms with Gasteiger partial charge in [0.05, 0.1) is 5.69 Å². The van der Waals surface area contributed by atoms with Crippen LogP contribution in [0, 0.1) is 29.6 Å². The first-order valence-electron chi connectivity index (χ1n) is 5.02. The van der Waals surface area contributed by atoms with Gasteiger partial charge < -0.3 is 5.73 Å². The minimum absolute atomic E-state index is 0.110. The lowest BCUT2D eigenvalue weighted by Crippen LogP contribution is -2.00. The van der Waals surface area contributed by atoms with Crippen molar-refractivity contribution in [2.24, 2.45) is 0 Å². The summed E-state index contributed by atoms with van der Waals surface area (Å²) in [6.45, 7) is 1.87. The van der Waals surface area contributed by atoms with E-state index in [1.165, 1.54) is 6.33 Å². The zero-order chi connectivity index (χ0) is 13.3. The van der Waals surface area contributed by atoms with Crippen molar-refractivity contribution in [2.75, 3.05) is 5.73 Å². The van der Waals surface area contributed by atoms with E-state index in [2.05, 4.69) is 20.9 Å². The Labute approximate surface area is 112 Å². The van der Waals surface area contributed by atoms with Crippen molar-refractivity contribution < 1.29 is 0 Å². The lowest BCUT2D eigenvalue weighted by Gasteiger charge is -2.09. The van der Waals surface area contributed by atoms with Gasteiger partial charge in [-0.15, -0.1) is 0 Å². The lowest BCUT2D eigenvalue weighted by molar-refractivity contribution is 1.02. The maximum Gasteiger partial charge on any atom is 0.177 e. The highest BCUT2D eigenvalue weighted by atomic mass is 79.9. The van der Waals surface area contributed by atoms with Crippen LogP contribution in [-0.4, -0.2) is 9.55 Å². The second-order valence-electron chi connectivity index (χ2n) is 3.70. The minimum Gasteiger partial charge on any atom is -0.398 e. The summed E-state index contributed by atoms with van der Waals surface area (Å²) in [5.41, 5.74) is 8.40. The second-order valence-corrected chi connectivity index (χ2v) is 4.55. The SMILES string of the molecule is Cc1cc(-n2cnc(C#N)c2C#N)c(Br)cc1N. The molecule has 2 N–H and O–H groups in total. The molecule has 88 valence electrons. The molecule has 0 unspecified atom stereocenters. The average molecular weight is 302 g/mol. The molecule has 2 aromatic rings. The number of aromatic nitrogens is 2. The van der Waals surface area contributed by atoms with Crippen LogP contribution in [0.3, 0.4) is 0 Å². The molecule has 2 rings (SSSR count). The molecule has 5 nitrogen and oxygen atoms in total. The summed E-state index contributed by atoms with van der Waals surface area (Å²) in [5.74, 6) is 0. The maximum atomic E-state index is 9.09. The molecule has 0 aliphatic heterocycles. The number of nitrogens with two attached hydrogens (primary N) is 1. The van der Waals surface area contributed by atoms with Gasteiger partial charge in [-0.1, -0.05) is 0 Å². The van der Waals surface area contributed by atoms with Crippen molar-refractivity contribution in [2.45, 2.75) is 6.92 Å². The van der Waals surface area contributed by atoms with E-state index in [-0.39, 0.29) is 11.4 Å². The molecule has 0 bridgehead atoms. The van der Waals surface area contributed by atoms with E-state index >= 15 is 0 Å². The topological polar surface area (TPSA) is 91.4 Å². The Balaban J connectivity index is 2.71. The Morgan fingerprint density at radius 1 is 1.33 bits per heavy atom. The molecule has 0 amide bonds. The number of nitrogens with zero attached hydrogens (tertiary/aromatic N) is 4. The summed E-state index contributed by atoms with van der Waals surface area (Å²) in [6, 6.07) is 7.47. The molecule has 18 heavy (non-hydrogen) atoms. The summed E-state index contributed by atoms with van der Waals surface area (Å²) >= 11 is 3.39. The van der Waals surface area contributed by atoms with Gasteiger partial charge in [-0.3, -0.25) is 4.57 Å². The van der Waals surface area contributed by atoms with Gasteiger partial charge in [0.1, 0.15) is 18.5 Å². The highest BCUT2D eigenvalue weighted by Crippen LogP contribution is 2.28. The predicted octanol–water partition coefficient (Wildman–Crippen LogP) is 2.27. The van der Waals surface area contributed by atoms with Gasteiger partial charge in [0.25, 0.3) is 0 Å². The van der Waals surface area contributed by atoms with Crippen molar-refractivity contribution in [3.8, 4) is 17.8 Å². The fraction of sp³-hybridized carbons (Fsp3) is 0.0833. The third-order valence-electron chi connectivity index (χ3n) is 2.57. The third-order valence-corrected chi connectivity index (χ3v) is 3.21. The number of rotatable bonds is 1. The van der Waals surface area contributed by atoms with Gasteiger partial charge in [0.15, 0.2) is 11.4 Å². The van der Waals surface area contributed by atoms with E-state index in [0.717, 1.165) is 15.7 Å². The number of aryl methyl sites for hydroxylation is 1. The third kappa shape index (κ3) is 1.83. The molecule has 0 aliphatic rings. The van der Waals surface area contributed by atoms with Crippen LogP contribution in [0.5, 0.6) is 0 Å². The highest BCUT2D eigenvalue weighted by Gasteiger charge is 2.14. The fourth-order valence-corrected chi connectivity index (χ4v) is 2.14. The molecule has 0 fully saturated rings. The van der Waals surface area contributed by atoms with E-state index in [0.29, 0.717) is 5.69 Å². The van der Waals surface area contributed by atoms with Crippen LogP contribution < -0.4 is 5.73 Å². The smallest absolute Gasteiger partial charge is 0.177 e. The molecule has 1 aromatic carbocycles. The van der Waals surface area contributed by atoms with Crippen LogP contribution in [0.2, 0.25) is 0 Å². The van der Waals surface area contributed by atoms with E-state index < -0.39 is 0 Å². The lowest BCUT2D eigenvalue weighted by atomic mass is 10.2. The Morgan fingerprint density at radius 2 is 2.06 bits per heavy atom. The Morgan fingerprint density at radius 3 is 2.67 bits per heavy atom. The Bertz CT molecular complexity index is 702. The van der Waals surface area contributed by atoms with Crippen LogP contribution in [0.1, 0.15) is 17.0 Å². The molecule has 6 heteroatoms. The van der Waals surface area contributed by atoms with E-state index in [9.17, 15) is 0 Å². The normalized spacial score (nSPS) is 9.78. The first-order chi connectivity index (χ1) is 8.58. The molecule has 0 radical (unpaired) electrons. The molecular weight excluding hydrogens is 294 g/mol. The van der Waals surface area contributed by atoms with Crippen LogP contribution >= 0.6 is 15.9 Å². The number of anilines is 1. The van der Waals surface area contributed by atoms with Gasteiger partial charge in [0, 0.05) is 10.2 Å². The van der Waals surface area contributed by atoms with Crippen LogP contribution in [0.15, 0.2) is 22.9 Å². The average Bonchev–Trinajstić information content (AvgIpc) is 2.76. The van der Waals surface area contributed by atoms with Crippen molar-refractivity contribution in [1.82, 2.24) is 9.55 Å². The summed E-state index contributed by atoms with van der Waals surface area (Å²) in [4.78, 5) is 3.90. The molecule has 1 aromatic heterocycles. The molecular formula is C12H8BrN5. The second kappa shape index (κ2) is 4.52. The largest absolute Gasteiger partial charge is 0.398 e. The first kappa shape index (κ1) is 12.2. The van der Waals surface area contributed by atoms with Gasteiger partial charge in [0.2, 0.25) is 0 Å². The maximum absolute atomic E-state index is 9.09. The summed E-state index contributed by atoms with van der Waals surface area (Å²) in [5, 5.41) is 18.0. The van der Waals surface area contributed by atoms with E-state index in [1.807, 2.05) is 25.1 Å². The number of benzene rings is 1. The monoisotopic (exact) mass is 301 g/mol. The zero-order valence-electron chi connectivity index (χ0n) is 9.48. The number of hydrogen-bond acceptors (Lipinski definition) is 4. The zero-order valence-corrected chi connectivity index (χ0v) is 11.1. The van der Waals surface area contributed by atoms with Crippen LogP contribution in [0.25, 0.3) is 5.69 Å². The fourth-order valence-electron chi connectivity index (χ4n) is 1.59. The molecule has 1 heterocycles.